The van der Waals surface area contributed by atoms with Crippen LogP contribution in [0.3, 0.4) is 0 Å². The average molecular weight is 369 g/mol. The topological polar surface area (TPSA) is 46.2 Å². The van der Waals surface area contributed by atoms with Crippen LogP contribution in [0.2, 0.25) is 0 Å². The van der Waals surface area contributed by atoms with Crippen LogP contribution < -0.4 is 4.72 Å². The molecule has 23 heavy (non-hydrogen) atoms. The van der Waals surface area contributed by atoms with E-state index >= 15 is 0 Å². The van der Waals surface area contributed by atoms with Gasteiger partial charge in [-0.25, -0.2) is 21.6 Å². The minimum Gasteiger partial charge on any atom is -0.280 e. The molecule has 1 N–H and O–H groups in total. The summed E-state index contributed by atoms with van der Waals surface area (Å²) in [4.78, 5) is -0.871. The highest BCUT2D eigenvalue weighted by Gasteiger charge is 2.24. The summed E-state index contributed by atoms with van der Waals surface area (Å²) in [5, 5.41) is 0. The molecule has 10 heteroatoms. The molecule has 0 fully saturated rings. The maximum atomic E-state index is 13.5. The van der Waals surface area contributed by atoms with E-state index in [-0.39, 0.29) is 22.3 Å². The Balaban J connectivity index is 2.27. The van der Waals surface area contributed by atoms with Crippen LogP contribution in [-0.4, -0.2) is 14.2 Å². The maximum Gasteiger partial charge on any atom is 0.288 e. The average Bonchev–Trinajstić information content (AvgIpc) is 2.46. The van der Waals surface area contributed by atoms with Crippen LogP contribution in [0.15, 0.2) is 46.2 Å². The highest BCUT2D eigenvalue weighted by atomic mass is 32.2. The van der Waals surface area contributed by atoms with Crippen molar-refractivity contribution in [3.8, 4) is 0 Å². The van der Waals surface area contributed by atoms with E-state index in [0.29, 0.717) is 12.1 Å². The summed E-state index contributed by atoms with van der Waals surface area (Å²) in [6.45, 7) is 0. The summed E-state index contributed by atoms with van der Waals surface area (Å²) < 4.78 is 89.8. The SMILES string of the molecule is O=S(=O)(Nc1ccc(SC(F)F)cc1)c1ccc(F)c(F)c1F. The highest BCUT2D eigenvalue weighted by Crippen LogP contribution is 2.27. The monoisotopic (exact) mass is 369 g/mol. The quantitative estimate of drug-likeness (QED) is 0.488. The molecule has 2 aromatic rings. The Morgan fingerprint density at radius 1 is 0.913 bits per heavy atom. The van der Waals surface area contributed by atoms with Crippen LogP contribution in [-0.2, 0) is 10.0 Å². The molecule has 0 heterocycles. The van der Waals surface area contributed by atoms with Crippen LogP contribution >= 0.6 is 11.8 Å². The van der Waals surface area contributed by atoms with Gasteiger partial charge in [-0.2, -0.15) is 8.78 Å². The predicted octanol–water partition coefficient (Wildman–Crippen LogP) is 4.22. The number of alkyl halides is 2. The standard InChI is InChI=1S/C13H8F5NO2S2/c14-9-5-6-10(12(16)11(9)15)23(20,21)19-7-1-3-8(4-2-7)22-13(17)18/h1-6,13,19H. The number of anilines is 1. The van der Waals surface area contributed by atoms with Gasteiger partial charge in [0, 0.05) is 10.6 Å². The lowest BCUT2D eigenvalue weighted by Gasteiger charge is -2.10. The van der Waals surface area contributed by atoms with E-state index in [1.54, 1.807) is 0 Å². The van der Waals surface area contributed by atoms with E-state index in [4.69, 9.17) is 0 Å². The molecular formula is C13H8F5NO2S2. The Hall–Kier alpha value is -1.81. The molecular weight excluding hydrogens is 361 g/mol. The minimum atomic E-state index is -4.51. The first-order valence-electron chi connectivity index (χ1n) is 5.92. The Bertz CT molecular complexity index is 810. The molecule has 0 aliphatic heterocycles. The lowest BCUT2D eigenvalue weighted by atomic mass is 10.3. The fourth-order valence-electron chi connectivity index (χ4n) is 1.63. The van der Waals surface area contributed by atoms with Gasteiger partial charge in [-0.3, -0.25) is 4.72 Å². The number of halogens is 5. The zero-order valence-electron chi connectivity index (χ0n) is 11.1. The van der Waals surface area contributed by atoms with Gasteiger partial charge >= 0.3 is 0 Å². The number of sulfonamides is 1. The molecule has 0 aliphatic rings. The molecule has 0 spiro atoms. The van der Waals surface area contributed by atoms with Crippen LogP contribution in [0.4, 0.5) is 27.6 Å². The molecule has 2 aromatic carbocycles. The predicted molar refractivity (Wildman–Crippen MR) is 75.4 cm³/mol. The first-order chi connectivity index (χ1) is 10.7. The molecule has 0 unspecified atom stereocenters. The molecule has 0 amide bonds. The van der Waals surface area contributed by atoms with Crippen LogP contribution in [0.25, 0.3) is 0 Å². The first kappa shape index (κ1) is 17.5. The summed E-state index contributed by atoms with van der Waals surface area (Å²) in [7, 11) is -4.51. The van der Waals surface area contributed by atoms with Crippen molar-refractivity contribution in [2.45, 2.75) is 15.5 Å². The van der Waals surface area contributed by atoms with E-state index in [1.807, 2.05) is 4.72 Å². The smallest absolute Gasteiger partial charge is 0.280 e. The Labute approximate surface area is 132 Å². The molecule has 3 nitrogen and oxygen atoms in total. The third kappa shape index (κ3) is 4.14. The van der Waals surface area contributed by atoms with E-state index < -0.39 is 38.1 Å². The highest BCUT2D eigenvalue weighted by molar-refractivity contribution is 7.99. The van der Waals surface area contributed by atoms with Gasteiger partial charge in [0.25, 0.3) is 15.8 Å². The first-order valence-corrected chi connectivity index (χ1v) is 8.28. The summed E-state index contributed by atoms with van der Waals surface area (Å²) >= 11 is 0.266. The third-order valence-electron chi connectivity index (χ3n) is 2.62. The van der Waals surface area contributed by atoms with Gasteiger partial charge in [-0.15, -0.1) is 0 Å². The van der Waals surface area contributed by atoms with E-state index in [2.05, 4.69) is 0 Å². The summed E-state index contributed by atoms with van der Waals surface area (Å²) in [5.41, 5.74) is -0.0484. The fourth-order valence-corrected chi connectivity index (χ4v) is 3.26. The number of nitrogens with one attached hydrogen (secondary N) is 1. The van der Waals surface area contributed by atoms with E-state index in [9.17, 15) is 30.4 Å². The van der Waals surface area contributed by atoms with Gasteiger partial charge in [-0.1, -0.05) is 11.8 Å². The largest absolute Gasteiger partial charge is 0.288 e. The maximum absolute atomic E-state index is 13.5. The molecule has 0 aliphatic carbocycles. The van der Waals surface area contributed by atoms with E-state index in [1.165, 1.54) is 24.3 Å². The van der Waals surface area contributed by atoms with Gasteiger partial charge in [-0.05, 0) is 36.4 Å². The summed E-state index contributed by atoms with van der Waals surface area (Å²) in [6.07, 6.45) is 0. The van der Waals surface area contributed by atoms with Crippen molar-refractivity contribution in [2.24, 2.45) is 0 Å². The van der Waals surface area contributed by atoms with Crippen LogP contribution in [0.1, 0.15) is 0 Å². The van der Waals surface area contributed by atoms with Gasteiger partial charge in [0.05, 0.1) is 0 Å². The second-order valence-electron chi connectivity index (χ2n) is 4.18. The molecule has 0 atom stereocenters. The van der Waals surface area contributed by atoms with Crippen LogP contribution in [0.5, 0.6) is 0 Å². The second kappa shape index (κ2) is 6.75. The normalized spacial score (nSPS) is 11.7. The van der Waals surface area contributed by atoms with Gasteiger partial charge in [0.1, 0.15) is 4.90 Å². The van der Waals surface area contributed by atoms with Crippen LogP contribution in [0, 0.1) is 17.5 Å². The van der Waals surface area contributed by atoms with Crippen molar-refractivity contribution < 1.29 is 30.4 Å². The van der Waals surface area contributed by atoms with E-state index in [0.717, 1.165) is 0 Å². The second-order valence-corrected chi connectivity index (χ2v) is 6.90. The van der Waals surface area contributed by atoms with Crippen molar-refractivity contribution in [1.29, 1.82) is 0 Å². The summed E-state index contributed by atoms with van der Waals surface area (Å²) in [6, 6.07) is 5.89. The number of hydrogen-bond donors (Lipinski definition) is 1. The molecule has 0 saturated carbocycles. The lowest BCUT2D eigenvalue weighted by molar-refractivity contribution is 0.252. The Kier molecular flexibility index (Phi) is 5.15. The molecule has 0 radical (unpaired) electrons. The van der Waals surface area contributed by atoms with Crippen molar-refractivity contribution in [2.75, 3.05) is 4.72 Å². The molecule has 0 saturated heterocycles. The van der Waals surface area contributed by atoms with Gasteiger partial charge < -0.3 is 0 Å². The lowest BCUT2D eigenvalue weighted by Crippen LogP contribution is -2.15. The summed E-state index contributed by atoms with van der Waals surface area (Å²) in [5.74, 6) is -7.90. The molecule has 0 bridgehead atoms. The molecule has 0 aromatic heterocycles. The van der Waals surface area contributed by atoms with Gasteiger partial charge in [0.2, 0.25) is 0 Å². The zero-order valence-corrected chi connectivity index (χ0v) is 12.7. The van der Waals surface area contributed by atoms with Crippen molar-refractivity contribution in [1.82, 2.24) is 0 Å². The molecule has 124 valence electrons. The third-order valence-corrected chi connectivity index (χ3v) is 4.74. The minimum absolute atomic E-state index is 0.0484. The van der Waals surface area contributed by atoms with Crippen molar-refractivity contribution >= 4 is 27.5 Å². The van der Waals surface area contributed by atoms with Crippen molar-refractivity contribution in [3.63, 3.8) is 0 Å². The Morgan fingerprint density at radius 3 is 2.09 bits per heavy atom. The van der Waals surface area contributed by atoms with Gasteiger partial charge in [0.15, 0.2) is 17.5 Å². The number of thioether (sulfide) groups is 1. The number of rotatable bonds is 5. The fraction of sp³-hybridized carbons (Fsp3) is 0.0769. The zero-order chi connectivity index (χ0) is 17.2. The Morgan fingerprint density at radius 2 is 1.52 bits per heavy atom. The molecule has 2 rings (SSSR count). The van der Waals surface area contributed by atoms with Crippen molar-refractivity contribution in [3.05, 3.63) is 53.8 Å². The number of benzene rings is 2. The number of hydrogen-bond acceptors (Lipinski definition) is 3.